The highest BCUT2D eigenvalue weighted by atomic mass is 32.2. The minimum absolute atomic E-state index is 0.638. The first-order chi connectivity index (χ1) is 16.0. The third kappa shape index (κ3) is 5.98. The summed E-state index contributed by atoms with van der Waals surface area (Å²) in [7, 11) is 1.88. The molecule has 3 aromatic rings. The second-order valence-corrected chi connectivity index (χ2v) is 9.58. The van der Waals surface area contributed by atoms with E-state index >= 15 is 0 Å². The van der Waals surface area contributed by atoms with E-state index in [2.05, 4.69) is 60.3 Å². The number of aromatic nitrogens is 3. The average molecular weight is 468 g/mol. The van der Waals surface area contributed by atoms with Crippen LogP contribution in [-0.4, -0.2) is 63.5 Å². The van der Waals surface area contributed by atoms with Crippen LogP contribution in [0.1, 0.15) is 17.8 Å². The Bertz CT molecular complexity index is 1020. The SMILES string of the molecule is Cc1nn(C)c(C)c1N[S+]([O-])c1ccc(NCCCN2CCN(c3ccccc3)CC2)nc1. The van der Waals surface area contributed by atoms with Gasteiger partial charge in [-0.05, 0) is 45.0 Å². The Morgan fingerprint density at radius 2 is 1.79 bits per heavy atom. The Balaban J connectivity index is 1.17. The summed E-state index contributed by atoms with van der Waals surface area (Å²) >= 11 is -1.38. The molecule has 2 N–H and O–H groups in total. The van der Waals surface area contributed by atoms with Gasteiger partial charge in [-0.15, -0.1) is 0 Å². The molecular formula is C24H33N7OS. The van der Waals surface area contributed by atoms with Gasteiger partial charge in [0.25, 0.3) is 0 Å². The molecule has 2 aromatic heterocycles. The van der Waals surface area contributed by atoms with Gasteiger partial charge in [-0.3, -0.25) is 9.58 Å². The summed E-state index contributed by atoms with van der Waals surface area (Å²) in [4.78, 5) is 10.0. The number of anilines is 3. The number of para-hydroxylation sites is 1. The van der Waals surface area contributed by atoms with Crippen molar-refractivity contribution in [1.82, 2.24) is 19.7 Å². The van der Waals surface area contributed by atoms with Crippen molar-refractivity contribution in [3.63, 3.8) is 0 Å². The number of nitrogens with one attached hydrogen (secondary N) is 2. The number of rotatable bonds is 9. The Morgan fingerprint density at radius 3 is 2.42 bits per heavy atom. The fraction of sp³-hybridized carbons (Fsp3) is 0.417. The number of nitrogens with zero attached hydrogens (tertiary/aromatic N) is 5. The van der Waals surface area contributed by atoms with Crippen molar-refractivity contribution < 1.29 is 4.55 Å². The lowest BCUT2D eigenvalue weighted by Gasteiger charge is -2.36. The lowest BCUT2D eigenvalue weighted by molar-refractivity contribution is 0.257. The molecule has 1 fully saturated rings. The molecule has 0 bridgehead atoms. The molecule has 0 amide bonds. The first kappa shape index (κ1) is 23.4. The molecule has 4 rings (SSSR count). The predicted octanol–water partition coefficient (Wildman–Crippen LogP) is 3.19. The fourth-order valence-electron chi connectivity index (χ4n) is 4.06. The molecule has 1 aliphatic rings. The van der Waals surface area contributed by atoms with Crippen LogP contribution in [0.4, 0.5) is 17.2 Å². The van der Waals surface area contributed by atoms with Gasteiger partial charge in [0.15, 0.2) is 4.90 Å². The van der Waals surface area contributed by atoms with Crippen molar-refractivity contribution in [2.45, 2.75) is 25.2 Å². The minimum Gasteiger partial charge on any atom is -0.588 e. The molecule has 3 heterocycles. The standard InChI is InChI=1S/C24H33N7OS/c1-19-24(20(2)29(3)27-19)28-33(32)22-10-11-23(26-18-22)25-12-7-13-30-14-16-31(17-15-30)21-8-5-4-6-9-21/h4-6,8-11,18,28H,7,12-17H2,1-3H3,(H,25,26). The maximum absolute atomic E-state index is 12.7. The zero-order chi connectivity index (χ0) is 23.2. The normalized spacial score (nSPS) is 15.5. The van der Waals surface area contributed by atoms with Crippen LogP contribution in [0.25, 0.3) is 0 Å². The van der Waals surface area contributed by atoms with Crippen molar-refractivity contribution >= 4 is 28.6 Å². The highest BCUT2D eigenvalue weighted by Crippen LogP contribution is 2.23. The minimum atomic E-state index is -1.38. The number of benzene rings is 1. The maximum atomic E-state index is 12.7. The van der Waals surface area contributed by atoms with Crippen molar-refractivity contribution in [3.8, 4) is 0 Å². The van der Waals surface area contributed by atoms with E-state index in [1.165, 1.54) is 5.69 Å². The first-order valence-corrected chi connectivity index (χ1v) is 12.6. The van der Waals surface area contributed by atoms with E-state index in [4.69, 9.17) is 0 Å². The zero-order valence-electron chi connectivity index (χ0n) is 19.6. The molecule has 1 unspecified atom stereocenters. The van der Waals surface area contributed by atoms with Gasteiger partial charge in [0.1, 0.15) is 22.9 Å². The van der Waals surface area contributed by atoms with Crippen LogP contribution in [-0.2, 0) is 18.4 Å². The summed E-state index contributed by atoms with van der Waals surface area (Å²) in [6, 6.07) is 14.4. The Kier molecular flexibility index (Phi) is 7.74. The summed E-state index contributed by atoms with van der Waals surface area (Å²) in [6.45, 7) is 10.1. The van der Waals surface area contributed by atoms with E-state index in [1.807, 2.05) is 33.0 Å². The van der Waals surface area contributed by atoms with E-state index in [-0.39, 0.29) is 0 Å². The Morgan fingerprint density at radius 1 is 1.03 bits per heavy atom. The van der Waals surface area contributed by atoms with Crippen LogP contribution < -0.4 is 14.9 Å². The van der Waals surface area contributed by atoms with Gasteiger partial charge < -0.3 is 14.8 Å². The summed E-state index contributed by atoms with van der Waals surface area (Å²) in [5, 5.41) is 7.73. The van der Waals surface area contributed by atoms with Crippen molar-refractivity contribution in [2.75, 3.05) is 54.2 Å². The van der Waals surface area contributed by atoms with Crippen molar-refractivity contribution in [3.05, 3.63) is 60.0 Å². The molecule has 0 aliphatic carbocycles. The van der Waals surface area contributed by atoms with Crippen molar-refractivity contribution in [1.29, 1.82) is 0 Å². The van der Waals surface area contributed by atoms with E-state index in [1.54, 1.807) is 10.9 Å². The molecule has 1 atom stereocenters. The monoisotopic (exact) mass is 467 g/mol. The van der Waals surface area contributed by atoms with E-state index < -0.39 is 11.4 Å². The van der Waals surface area contributed by atoms with Crippen LogP contribution in [0.2, 0.25) is 0 Å². The van der Waals surface area contributed by atoms with Gasteiger partial charge in [0, 0.05) is 51.5 Å². The van der Waals surface area contributed by atoms with Gasteiger partial charge in [-0.1, -0.05) is 18.2 Å². The predicted molar refractivity (Wildman–Crippen MR) is 135 cm³/mol. The third-order valence-electron chi connectivity index (χ3n) is 6.11. The van der Waals surface area contributed by atoms with E-state index in [0.717, 1.165) is 68.6 Å². The van der Waals surface area contributed by atoms with Gasteiger partial charge >= 0.3 is 0 Å². The molecule has 8 nitrogen and oxygen atoms in total. The van der Waals surface area contributed by atoms with Crippen LogP contribution in [0.3, 0.4) is 0 Å². The highest BCUT2D eigenvalue weighted by Gasteiger charge is 2.19. The maximum Gasteiger partial charge on any atom is 0.198 e. The average Bonchev–Trinajstić information content (AvgIpc) is 3.09. The number of pyridine rings is 1. The summed E-state index contributed by atoms with van der Waals surface area (Å²) in [6.07, 6.45) is 2.72. The number of piperazine rings is 1. The molecule has 1 aromatic carbocycles. The van der Waals surface area contributed by atoms with Crippen LogP contribution >= 0.6 is 0 Å². The van der Waals surface area contributed by atoms with Gasteiger partial charge in [-0.2, -0.15) is 9.82 Å². The third-order valence-corrected chi connectivity index (χ3v) is 7.16. The Hall–Kier alpha value is -2.75. The largest absolute Gasteiger partial charge is 0.588 e. The molecule has 9 heteroatoms. The number of aryl methyl sites for hydroxylation is 2. The number of hydrogen-bond donors (Lipinski definition) is 2. The molecule has 1 saturated heterocycles. The molecule has 176 valence electrons. The van der Waals surface area contributed by atoms with Crippen LogP contribution in [0.15, 0.2) is 53.6 Å². The second kappa shape index (κ2) is 10.9. The highest BCUT2D eigenvalue weighted by molar-refractivity contribution is 7.92. The summed E-state index contributed by atoms with van der Waals surface area (Å²) < 4.78 is 17.5. The Labute approximate surface area is 199 Å². The molecular weight excluding hydrogens is 434 g/mol. The fourth-order valence-corrected chi connectivity index (χ4v) is 4.99. The summed E-state index contributed by atoms with van der Waals surface area (Å²) in [5.41, 5.74) is 3.91. The molecule has 33 heavy (non-hydrogen) atoms. The molecule has 1 aliphatic heterocycles. The van der Waals surface area contributed by atoms with E-state index in [0.29, 0.717) is 4.90 Å². The zero-order valence-corrected chi connectivity index (χ0v) is 20.4. The lowest BCUT2D eigenvalue weighted by atomic mass is 10.2. The van der Waals surface area contributed by atoms with Gasteiger partial charge in [-0.25, -0.2) is 4.98 Å². The van der Waals surface area contributed by atoms with Gasteiger partial charge in [0.2, 0.25) is 0 Å². The van der Waals surface area contributed by atoms with E-state index in [9.17, 15) is 4.55 Å². The number of hydrogen-bond acceptors (Lipinski definition) is 7. The topological polar surface area (TPSA) is 84.3 Å². The smallest absolute Gasteiger partial charge is 0.198 e. The van der Waals surface area contributed by atoms with Crippen LogP contribution in [0, 0.1) is 13.8 Å². The quantitative estimate of drug-likeness (QED) is 0.369. The second-order valence-electron chi connectivity index (χ2n) is 8.36. The first-order valence-electron chi connectivity index (χ1n) is 11.4. The lowest BCUT2D eigenvalue weighted by Crippen LogP contribution is -2.46. The summed E-state index contributed by atoms with van der Waals surface area (Å²) in [5.74, 6) is 0.804. The molecule has 0 spiro atoms. The van der Waals surface area contributed by atoms with Crippen molar-refractivity contribution in [2.24, 2.45) is 7.05 Å². The van der Waals surface area contributed by atoms with Gasteiger partial charge in [0.05, 0.1) is 17.6 Å². The van der Waals surface area contributed by atoms with Crippen LogP contribution in [0.5, 0.6) is 0 Å². The molecule has 0 radical (unpaired) electrons. The molecule has 0 saturated carbocycles.